The van der Waals surface area contributed by atoms with Crippen LogP contribution in [-0.4, -0.2) is 23.3 Å². The molecule has 17 heavy (non-hydrogen) atoms. The number of benzene rings is 1. The van der Waals surface area contributed by atoms with E-state index in [2.05, 4.69) is 50.3 Å². The summed E-state index contributed by atoms with van der Waals surface area (Å²) < 4.78 is 11.9. The molecule has 1 aromatic rings. The Balaban J connectivity index is 0.000000686. The second-order valence-corrected chi connectivity index (χ2v) is 5.00. The van der Waals surface area contributed by atoms with Gasteiger partial charge in [0.25, 0.3) is 0 Å². The highest BCUT2D eigenvalue weighted by atomic mass is 127. The maximum atomic E-state index is 5.93. The van der Waals surface area contributed by atoms with E-state index in [0.29, 0.717) is 0 Å². The van der Waals surface area contributed by atoms with Crippen LogP contribution in [0.2, 0.25) is 0 Å². The van der Waals surface area contributed by atoms with E-state index in [1.807, 2.05) is 35.3 Å². The molecule has 0 unspecified atom stereocenters. The predicted octanol–water partition coefficient (Wildman–Crippen LogP) is 3.04. The summed E-state index contributed by atoms with van der Waals surface area (Å²) in [7, 11) is -0.240. The van der Waals surface area contributed by atoms with Crippen molar-refractivity contribution < 1.29 is 9.31 Å². The molecule has 0 atom stereocenters. The zero-order valence-electron chi connectivity index (χ0n) is 11.2. The fraction of sp³-hybridized carbons (Fsp3) is 0.538. The Kier molecular flexibility index (Phi) is 5.04. The largest absolute Gasteiger partial charge is 0.494 e. The van der Waals surface area contributed by atoms with E-state index in [1.165, 1.54) is 0 Å². The molecule has 1 aliphatic heterocycles. The molecule has 0 spiro atoms. The standard InChI is InChI=1S/C12H17BO2.CH3I/c1-11(2)12(3,4)15-13(14-11)10-8-6-5-7-9-10;1-2/h5-9H,1-4H3;1H3. The lowest BCUT2D eigenvalue weighted by Gasteiger charge is -2.32. The zero-order chi connectivity index (χ0) is 13.1. The van der Waals surface area contributed by atoms with Gasteiger partial charge < -0.3 is 9.31 Å². The summed E-state index contributed by atoms with van der Waals surface area (Å²) in [5, 5.41) is 0. The Bertz CT molecular complexity index is 336. The first-order chi connectivity index (χ1) is 7.92. The minimum atomic E-state index is -0.256. The van der Waals surface area contributed by atoms with Crippen molar-refractivity contribution in [3.63, 3.8) is 0 Å². The average Bonchev–Trinajstić information content (AvgIpc) is 2.52. The van der Waals surface area contributed by atoms with Crippen LogP contribution in [0.4, 0.5) is 0 Å². The summed E-state index contributed by atoms with van der Waals surface area (Å²) in [6.07, 6.45) is 0. The molecule has 0 bridgehead atoms. The van der Waals surface area contributed by atoms with Crippen LogP contribution in [-0.2, 0) is 9.31 Å². The lowest BCUT2D eigenvalue weighted by Crippen LogP contribution is -2.41. The van der Waals surface area contributed by atoms with Crippen LogP contribution < -0.4 is 5.46 Å². The van der Waals surface area contributed by atoms with E-state index >= 15 is 0 Å². The van der Waals surface area contributed by atoms with E-state index in [1.54, 1.807) is 0 Å². The van der Waals surface area contributed by atoms with Gasteiger partial charge >= 0.3 is 7.12 Å². The van der Waals surface area contributed by atoms with Gasteiger partial charge in [0, 0.05) is 0 Å². The third kappa shape index (κ3) is 3.23. The highest BCUT2D eigenvalue weighted by Crippen LogP contribution is 2.36. The Hall–Kier alpha value is -0.0651. The van der Waals surface area contributed by atoms with Gasteiger partial charge in [0.15, 0.2) is 0 Å². The van der Waals surface area contributed by atoms with Crippen LogP contribution in [0.1, 0.15) is 27.7 Å². The highest BCUT2D eigenvalue weighted by Gasteiger charge is 2.51. The van der Waals surface area contributed by atoms with Crippen LogP contribution in [0.3, 0.4) is 0 Å². The second kappa shape index (κ2) is 5.72. The second-order valence-electron chi connectivity index (χ2n) is 5.00. The molecule has 4 heteroatoms. The minimum Gasteiger partial charge on any atom is -0.399 e. The lowest BCUT2D eigenvalue weighted by atomic mass is 9.79. The van der Waals surface area contributed by atoms with Gasteiger partial charge in [-0.1, -0.05) is 52.9 Å². The molecule has 94 valence electrons. The van der Waals surface area contributed by atoms with Crippen molar-refractivity contribution in [2.75, 3.05) is 4.93 Å². The molecule has 0 aliphatic carbocycles. The van der Waals surface area contributed by atoms with Crippen LogP contribution in [0.25, 0.3) is 0 Å². The molecular formula is C13H20BIO2. The van der Waals surface area contributed by atoms with Gasteiger partial charge in [-0.25, -0.2) is 0 Å². The molecule has 0 N–H and O–H groups in total. The average molecular weight is 346 g/mol. The summed E-state index contributed by atoms with van der Waals surface area (Å²) in [4.78, 5) is 1.97. The summed E-state index contributed by atoms with van der Waals surface area (Å²) in [5.74, 6) is 0. The van der Waals surface area contributed by atoms with Crippen molar-refractivity contribution in [1.29, 1.82) is 0 Å². The normalized spacial score (nSPS) is 20.7. The molecule has 0 radical (unpaired) electrons. The highest BCUT2D eigenvalue weighted by molar-refractivity contribution is 14.1. The fourth-order valence-corrected chi connectivity index (χ4v) is 1.59. The van der Waals surface area contributed by atoms with E-state index in [9.17, 15) is 0 Å². The topological polar surface area (TPSA) is 18.5 Å². The molecule has 1 aliphatic rings. The van der Waals surface area contributed by atoms with Crippen molar-refractivity contribution in [2.45, 2.75) is 38.9 Å². The minimum absolute atomic E-state index is 0.240. The van der Waals surface area contributed by atoms with Crippen LogP contribution in [0.15, 0.2) is 30.3 Å². The number of alkyl halides is 1. The summed E-state index contributed by atoms with van der Waals surface area (Å²) in [6.45, 7) is 8.26. The number of rotatable bonds is 1. The molecule has 0 saturated carbocycles. The third-order valence-electron chi connectivity index (χ3n) is 3.32. The van der Waals surface area contributed by atoms with E-state index in [0.717, 1.165) is 5.46 Å². The molecule has 1 fully saturated rings. The molecule has 2 nitrogen and oxygen atoms in total. The maximum absolute atomic E-state index is 5.93. The molecule has 1 heterocycles. The monoisotopic (exact) mass is 346 g/mol. The molecule has 2 rings (SSSR count). The Labute approximate surface area is 118 Å². The van der Waals surface area contributed by atoms with Crippen LogP contribution in [0.5, 0.6) is 0 Å². The number of hydrogen-bond donors (Lipinski definition) is 0. The van der Waals surface area contributed by atoms with Gasteiger partial charge in [0.2, 0.25) is 0 Å². The Morgan fingerprint density at radius 2 is 1.29 bits per heavy atom. The van der Waals surface area contributed by atoms with Gasteiger partial charge in [-0.3, -0.25) is 0 Å². The van der Waals surface area contributed by atoms with E-state index in [-0.39, 0.29) is 18.3 Å². The smallest absolute Gasteiger partial charge is 0.399 e. The first-order valence-corrected chi connectivity index (χ1v) is 7.86. The van der Waals surface area contributed by atoms with Crippen molar-refractivity contribution in [3.8, 4) is 0 Å². The number of hydrogen-bond acceptors (Lipinski definition) is 2. The van der Waals surface area contributed by atoms with Crippen molar-refractivity contribution in [3.05, 3.63) is 30.3 Å². The van der Waals surface area contributed by atoms with Gasteiger partial charge in [-0.2, -0.15) is 0 Å². The molecule has 1 aromatic carbocycles. The molecule has 0 aromatic heterocycles. The Morgan fingerprint density at radius 1 is 0.882 bits per heavy atom. The summed E-state index contributed by atoms with van der Waals surface area (Å²) in [6, 6.07) is 10.1. The van der Waals surface area contributed by atoms with Crippen molar-refractivity contribution >= 4 is 35.2 Å². The van der Waals surface area contributed by atoms with Crippen LogP contribution >= 0.6 is 22.6 Å². The third-order valence-corrected chi connectivity index (χ3v) is 3.32. The maximum Gasteiger partial charge on any atom is 0.494 e. The molecular weight excluding hydrogens is 326 g/mol. The van der Waals surface area contributed by atoms with Gasteiger partial charge in [-0.15, -0.1) is 0 Å². The van der Waals surface area contributed by atoms with E-state index in [4.69, 9.17) is 9.31 Å². The van der Waals surface area contributed by atoms with Gasteiger partial charge in [0.05, 0.1) is 11.2 Å². The predicted molar refractivity (Wildman–Crippen MR) is 82.1 cm³/mol. The van der Waals surface area contributed by atoms with Crippen molar-refractivity contribution in [2.24, 2.45) is 0 Å². The van der Waals surface area contributed by atoms with Crippen LogP contribution in [0, 0.1) is 0 Å². The quantitative estimate of drug-likeness (QED) is 0.442. The number of halogens is 1. The van der Waals surface area contributed by atoms with Crippen molar-refractivity contribution in [1.82, 2.24) is 0 Å². The van der Waals surface area contributed by atoms with Gasteiger partial charge in [0.1, 0.15) is 0 Å². The van der Waals surface area contributed by atoms with Gasteiger partial charge in [-0.05, 0) is 38.1 Å². The zero-order valence-corrected chi connectivity index (χ0v) is 13.3. The SMILES string of the molecule is CC1(C)OB(c2ccccc2)OC1(C)C.CI. The molecule has 0 amide bonds. The lowest BCUT2D eigenvalue weighted by molar-refractivity contribution is 0.00578. The fourth-order valence-electron chi connectivity index (χ4n) is 1.59. The van der Waals surface area contributed by atoms with E-state index < -0.39 is 0 Å². The first kappa shape index (κ1) is 15.0. The summed E-state index contributed by atoms with van der Waals surface area (Å²) in [5.41, 5.74) is 0.567. The Morgan fingerprint density at radius 3 is 1.71 bits per heavy atom. The molecule has 1 saturated heterocycles. The first-order valence-electron chi connectivity index (χ1n) is 5.71. The summed E-state index contributed by atoms with van der Waals surface area (Å²) >= 11 is 2.15.